The van der Waals surface area contributed by atoms with Crippen LogP contribution in [0.2, 0.25) is 0 Å². The van der Waals surface area contributed by atoms with Crippen LogP contribution in [0.25, 0.3) is 11.2 Å². The van der Waals surface area contributed by atoms with Crippen LogP contribution in [0.5, 0.6) is 0 Å². The minimum atomic E-state index is -1.15. The molecule has 184 valence electrons. The van der Waals surface area contributed by atoms with Crippen LogP contribution in [0.3, 0.4) is 0 Å². The zero-order valence-corrected chi connectivity index (χ0v) is 20.0. The normalized spacial score (nSPS) is 14.5. The van der Waals surface area contributed by atoms with E-state index in [0.29, 0.717) is 25.5 Å². The summed E-state index contributed by atoms with van der Waals surface area (Å²) in [5, 5.41) is 13.2. The van der Waals surface area contributed by atoms with Gasteiger partial charge in [0.25, 0.3) is 5.56 Å². The molecule has 10 nitrogen and oxygen atoms in total. The number of aromatic nitrogens is 4. The van der Waals surface area contributed by atoms with E-state index in [1.165, 1.54) is 4.57 Å². The fourth-order valence-corrected chi connectivity index (χ4v) is 4.49. The molecule has 0 amide bonds. The van der Waals surface area contributed by atoms with E-state index in [1.807, 2.05) is 35.2 Å². The molecule has 3 aromatic rings. The average molecular weight is 479 g/mol. The lowest BCUT2D eigenvalue weighted by atomic mass is 10.1. The van der Waals surface area contributed by atoms with Crippen molar-refractivity contribution in [2.45, 2.75) is 45.8 Å². The van der Waals surface area contributed by atoms with Crippen molar-refractivity contribution in [3.05, 3.63) is 56.7 Å². The van der Waals surface area contributed by atoms with Crippen LogP contribution in [0.15, 0.2) is 39.9 Å². The van der Waals surface area contributed by atoms with E-state index in [9.17, 15) is 19.5 Å². The number of carbonyl (C=O) groups is 1. The van der Waals surface area contributed by atoms with Gasteiger partial charge < -0.3 is 15.3 Å². The largest absolute Gasteiger partial charge is 0.480 e. The van der Waals surface area contributed by atoms with E-state index in [-0.39, 0.29) is 30.7 Å². The van der Waals surface area contributed by atoms with E-state index in [0.717, 1.165) is 23.2 Å². The maximum atomic E-state index is 13.7. The Kier molecular flexibility index (Phi) is 7.36. The summed E-state index contributed by atoms with van der Waals surface area (Å²) in [5.41, 5.74) is 0.128. The molecule has 0 aliphatic carbocycles. The minimum Gasteiger partial charge on any atom is -0.480 e. The first-order valence-corrected chi connectivity index (χ1v) is 11.9. The second kappa shape index (κ2) is 10.6. The van der Waals surface area contributed by atoms with Crippen LogP contribution in [-0.4, -0.2) is 55.9 Å². The standard InChI is InChI=1S/C25H30N6O4/c1-3-5-14-29-20-21(27-24(29)28-16-12-26-13-17-28)31(19(4-2)23(33)34)25(35)30(22(20)32)15-11-18-9-7-6-8-10-18/h6-10,19,26H,4,11-17H2,1-2H3,(H,33,34). The van der Waals surface area contributed by atoms with Crippen LogP contribution >= 0.6 is 0 Å². The number of piperazine rings is 1. The Hall–Kier alpha value is -3.84. The lowest BCUT2D eigenvalue weighted by Gasteiger charge is -2.28. The molecule has 1 aliphatic heterocycles. The highest BCUT2D eigenvalue weighted by Crippen LogP contribution is 2.23. The number of hydrogen-bond donors (Lipinski definition) is 2. The van der Waals surface area contributed by atoms with E-state index in [2.05, 4.69) is 17.2 Å². The van der Waals surface area contributed by atoms with Gasteiger partial charge in [-0.15, -0.1) is 5.92 Å². The average Bonchev–Trinajstić information content (AvgIpc) is 3.25. The third-order valence-corrected chi connectivity index (χ3v) is 6.31. The first-order valence-electron chi connectivity index (χ1n) is 11.9. The zero-order valence-electron chi connectivity index (χ0n) is 20.0. The van der Waals surface area contributed by atoms with Gasteiger partial charge >= 0.3 is 11.7 Å². The van der Waals surface area contributed by atoms with Crippen LogP contribution in [-0.2, 0) is 24.3 Å². The van der Waals surface area contributed by atoms with E-state index < -0.39 is 23.3 Å². The topological polar surface area (TPSA) is 114 Å². The monoisotopic (exact) mass is 478 g/mol. The van der Waals surface area contributed by atoms with Gasteiger partial charge in [-0.2, -0.15) is 4.98 Å². The Labute approximate surface area is 202 Å². The number of imidazole rings is 1. The third-order valence-electron chi connectivity index (χ3n) is 6.31. The second-order valence-corrected chi connectivity index (χ2v) is 8.44. The maximum absolute atomic E-state index is 13.7. The first kappa shape index (κ1) is 24.3. The molecule has 1 atom stereocenters. The molecule has 4 rings (SSSR count). The SMILES string of the molecule is CC#CCn1c(N2CCNCC2)nc2c1c(=O)n(CCc1ccccc1)c(=O)n2C(CC)C(=O)O. The molecule has 1 aliphatic rings. The molecule has 0 saturated carbocycles. The van der Waals surface area contributed by atoms with Gasteiger partial charge in [0.1, 0.15) is 6.04 Å². The summed E-state index contributed by atoms with van der Waals surface area (Å²) in [5.74, 6) is 5.25. The molecule has 2 aromatic heterocycles. The van der Waals surface area contributed by atoms with Gasteiger partial charge in [0.2, 0.25) is 5.95 Å². The van der Waals surface area contributed by atoms with Crippen molar-refractivity contribution in [2.75, 3.05) is 31.1 Å². The van der Waals surface area contributed by atoms with Crippen LogP contribution in [0.4, 0.5) is 5.95 Å². The number of nitrogens with one attached hydrogen (secondary N) is 1. The number of aryl methyl sites for hydroxylation is 1. The molecule has 1 saturated heterocycles. The molecular weight excluding hydrogens is 448 g/mol. The van der Waals surface area contributed by atoms with Gasteiger partial charge in [-0.05, 0) is 25.3 Å². The predicted octanol–water partition coefficient (Wildman–Crippen LogP) is 1.07. The van der Waals surface area contributed by atoms with E-state index in [1.54, 1.807) is 18.4 Å². The number of hydrogen-bond acceptors (Lipinski definition) is 6. The molecule has 35 heavy (non-hydrogen) atoms. The molecule has 3 heterocycles. The fraction of sp³-hybridized carbons (Fsp3) is 0.440. The van der Waals surface area contributed by atoms with E-state index >= 15 is 0 Å². The lowest BCUT2D eigenvalue weighted by molar-refractivity contribution is -0.141. The lowest BCUT2D eigenvalue weighted by Crippen LogP contribution is -2.44. The van der Waals surface area contributed by atoms with Crippen molar-refractivity contribution < 1.29 is 9.90 Å². The summed E-state index contributed by atoms with van der Waals surface area (Å²) in [6.45, 7) is 6.61. The van der Waals surface area contributed by atoms with Crippen molar-refractivity contribution in [2.24, 2.45) is 0 Å². The molecule has 0 spiro atoms. The number of carboxylic acids is 1. The third kappa shape index (κ3) is 4.72. The summed E-state index contributed by atoms with van der Waals surface area (Å²) in [4.78, 5) is 46.2. The van der Waals surface area contributed by atoms with Gasteiger partial charge in [-0.1, -0.05) is 43.2 Å². The highest BCUT2D eigenvalue weighted by Gasteiger charge is 2.29. The number of aliphatic carboxylic acids is 1. The van der Waals surface area contributed by atoms with Crippen molar-refractivity contribution in [1.82, 2.24) is 24.0 Å². The van der Waals surface area contributed by atoms with E-state index in [4.69, 9.17) is 4.98 Å². The Morgan fingerprint density at radius 1 is 1.17 bits per heavy atom. The van der Waals surface area contributed by atoms with Gasteiger partial charge in [0, 0.05) is 32.7 Å². The fourth-order valence-electron chi connectivity index (χ4n) is 4.49. The Balaban J connectivity index is 1.99. The molecule has 2 N–H and O–H groups in total. The van der Waals surface area contributed by atoms with Gasteiger partial charge in [-0.25, -0.2) is 9.59 Å². The molecule has 10 heteroatoms. The summed E-state index contributed by atoms with van der Waals surface area (Å²) >= 11 is 0. The summed E-state index contributed by atoms with van der Waals surface area (Å²) in [7, 11) is 0. The molecule has 1 aromatic carbocycles. The summed E-state index contributed by atoms with van der Waals surface area (Å²) in [6, 6.07) is 8.41. The zero-order chi connectivity index (χ0) is 24.9. The molecular formula is C25H30N6O4. The highest BCUT2D eigenvalue weighted by atomic mass is 16.4. The number of anilines is 1. The number of carboxylic acid groups (broad SMARTS) is 1. The second-order valence-electron chi connectivity index (χ2n) is 8.44. The van der Waals surface area contributed by atoms with Crippen LogP contribution in [0, 0.1) is 11.8 Å². The maximum Gasteiger partial charge on any atom is 0.333 e. The first-order chi connectivity index (χ1) is 17.0. The van der Waals surface area contributed by atoms with Crippen molar-refractivity contribution in [3.8, 4) is 11.8 Å². The summed E-state index contributed by atoms with van der Waals surface area (Å²) < 4.78 is 4.04. The molecule has 1 fully saturated rings. The smallest absolute Gasteiger partial charge is 0.333 e. The van der Waals surface area contributed by atoms with Gasteiger partial charge in [0.05, 0.1) is 6.54 Å². The molecule has 1 unspecified atom stereocenters. The Morgan fingerprint density at radius 3 is 2.51 bits per heavy atom. The van der Waals surface area contributed by atoms with Crippen molar-refractivity contribution >= 4 is 23.1 Å². The Morgan fingerprint density at radius 2 is 1.89 bits per heavy atom. The van der Waals surface area contributed by atoms with Crippen molar-refractivity contribution in [3.63, 3.8) is 0 Å². The molecule has 0 radical (unpaired) electrons. The van der Waals surface area contributed by atoms with Gasteiger partial charge in [0.15, 0.2) is 11.2 Å². The number of fused-ring (bicyclic) bond motifs is 1. The van der Waals surface area contributed by atoms with Crippen LogP contribution in [0.1, 0.15) is 31.9 Å². The number of rotatable bonds is 8. The number of benzene rings is 1. The van der Waals surface area contributed by atoms with Crippen LogP contribution < -0.4 is 21.5 Å². The quantitative estimate of drug-likeness (QED) is 0.466. The summed E-state index contributed by atoms with van der Waals surface area (Å²) in [6.07, 6.45) is 0.630. The van der Waals surface area contributed by atoms with Crippen molar-refractivity contribution in [1.29, 1.82) is 0 Å². The predicted molar refractivity (Wildman–Crippen MR) is 134 cm³/mol. The highest BCUT2D eigenvalue weighted by molar-refractivity contribution is 5.79. The number of nitrogens with zero attached hydrogens (tertiary/aromatic N) is 5. The minimum absolute atomic E-state index is 0.0941. The Bertz CT molecular complexity index is 1390. The molecule has 0 bridgehead atoms. The van der Waals surface area contributed by atoms with Gasteiger partial charge in [-0.3, -0.25) is 18.5 Å².